The molecule has 176 valence electrons. The topological polar surface area (TPSA) is 68.7 Å². The van der Waals surface area contributed by atoms with E-state index >= 15 is 0 Å². The predicted molar refractivity (Wildman–Crippen MR) is 127 cm³/mol. The van der Waals surface area contributed by atoms with Gasteiger partial charge in [-0.1, -0.05) is 37.3 Å². The lowest BCUT2D eigenvalue weighted by atomic mass is 9.86. The molecule has 6 heteroatoms. The lowest BCUT2D eigenvalue weighted by molar-refractivity contribution is -0.142. The molecule has 1 aromatic heterocycles. The van der Waals surface area contributed by atoms with Gasteiger partial charge in [0.05, 0.1) is 13.0 Å². The van der Waals surface area contributed by atoms with Crippen LogP contribution in [0, 0.1) is 17.7 Å². The van der Waals surface area contributed by atoms with Gasteiger partial charge in [0.1, 0.15) is 17.7 Å². The van der Waals surface area contributed by atoms with Crippen LogP contribution in [0.25, 0.3) is 11.1 Å². The summed E-state index contributed by atoms with van der Waals surface area (Å²) < 4.78 is 25.9. The van der Waals surface area contributed by atoms with Crippen LogP contribution in [0.4, 0.5) is 4.39 Å². The van der Waals surface area contributed by atoms with Crippen molar-refractivity contribution in [2.75, 3.05) is 7.11 Å². The van der Waals surface area contributed by atoms with Gasteiger partial charge in [-0.3, -0.25) is 4.79 Å². The number of rotatable bonds is 7. The summed E-state index contributed by atoms with van der Waals surface area (Å²) in [4.78, 5) is 16.5. The van der Waals surface area contributed by atoms with E-state index in [1.165, 1.54) is 6.07 Å². The van der Waals surface area contributed by atoms with Crippen molar-refractivity contribution in [2.24, 2.45) is 11.8 Å². The van der Waals surface area contributed by atoms with Crippen molar-refractivity contribution in [3.05, 3.63) is 77.2 Å². The minimum absolute atomic E-state index is 0.0937. The fourth-order valence-corrected chi connectivity index (χ4v) is 4.92. The third kappa shape index (κ3) is 4.37. The zero-order valence-electron chi connectivity index (χ0n) is 19.3. The average molecular weight is 462 g/mol. The monoisotopic (exact) mass is 461 g/mol. The largest absolute Gasteiger partial charge is 0.497 e. The lowest BCUT2D eigenvalue weighted by Gasteiger charge is -2.27. The number of carbonyl (C=O) groups is 1. The molecule has 34 heavy (non-hydrogen) atoms. The molecular weight excluding hydrogens is 433 g/mol. The average Bonchev–Trinajstić information content (AvgIpc) is 3.69. The van der Waals surface area contributed by atoms with Crippen LogP contribution < -0.4 is 9.47 Å². The van der Waals surface area contributed by atoms with E-state index in [-0.39, 0.29) is 17.8 Å². The Morgan fingerprint density at radius 3 is 2.56 bits per heavy atom. The normalized spacial score (nSPS) is 19.0. The van der Waals surface area contributed by atoms with Crippen molar-refractivity contribution in [1.82, 2.24) is 4.98 Å². The Kier molecular flexibility index (Phi) is 5.98. The lowest BCUT2D eigenvalue weighted by Crippen LogP contribution is -2.23. The number of carboxylic acids is 1. The zero-order valence-corrected chi connectivity index (χ0v) is 19.3. The Labute approximate surface area is 198 Å². The number of aromatic nitrogens is 1. The number of aliphatic carboxylic acids is 1. The maximum absolute atomic E-state index is 14.4. The minimum Gasteiger partial charge on any atom is -0.497 e. The van der Waals surface area contributed by atoms with Crippen LogP contribution in [0.1, 0.15) is 55.0 Å². The van der Waals surface area contributed by atoms with Crippen LogP contribution in [0.5, 0.6) is 11.6 Å². The summed E-state index contributed by atoms with van der Waals surface area (Å²) in [5, 5.41) is 9.58. The SMILES string of the molecule is COc1ccc(F)c(-c2ccc(C3CCc4ccc([C@H](C5CC5)[C@H](C)C(=O)O)nc4O3)cc2)c1. The van der Waals surface area contributed by atoms with Gasteiger partial charge < -0.3 is 14.6 Å². The molecule has 3 aromatic rings. The molecule has 1 unspecified atom stereocenters. The number of carboxylic acid groups (broad SMARTS) is 1. The molecule has 1 saturated carbocycles. The molecule has 0 spiro atoms. The number of fused-ring (bicyclic) bond motifs is 1. The number of hydrogen-bond acceptors (Lipinski definition) is 4. The second kappa shape index (κ2) is 9.09. The van der Waals surface area contributed by atoms with Crippen LogP contribution in [0.15, 0.2) is 54.6 Å². The van der Waals surface area contributed by atoms with E-state index in [0.29, 0.717) is 23.1 Å². The van der Waals surface area contributed by atoms with Gasteiger partial charge in [0.25, 0.3) is 0 Å². The van der Waals surface area contributed by atoms with E-state index in [4.69, 9.17) is 14.5 Å². The number of ether oxygens (including phenoxy) is 2. The Bertz CT molecular complexity index is 1210. The summed E-state index contributed by atoms with van der Waals surface area (Å²) in [5.74, 6) is -0.0840. The molecule has 0 radical (unpaired) electrons. The molecule has 2 aliphatic rings. The van der Waals surface area contributed by atoms with Crippen molar-refractivity contribution < 1.29 is 23.8 Å². The molecule has 1 N–H and O–H groups in total. The highest BCUT2D eigenvalue weighted by Crippen LogP contribution is 2.47. The molecule has 3 atom stereocenters. The maximum Gasteiger partial charge on any atom is 0.306 e. The molecule has 0 amide bonds. The second-order valence-corrected chi connectivity index (χ2v) is 9.30. The van der Waals surface area contributed by atoms with E-state index in [0.717, 1.165) is 48.1 Å². The van der Waals surface area contributed by atoms with Crippen molar-refractivity contribution in [3.8, 4) is 22.8 Å². The number of nitrogens with zero attached hydrogens (tertiary/aromatic N) is 1. The molecule has 0 saturated heterocycles. The standard InChI is InChI=1S/C28H28FNO4/c1-16(28(31)32)26(19-7-8-19)24-13-9-20-10-14-25(34-27(20)30-24)18-5-3-17(4-6-18)22-15-21(33-2)11-12-23(22)29/h3-6,9,11-13,15-16,19,25-26H,7-8,10,14H2,1-2H3,(H,31,32)/t16-,25?,26-/m0/s1. The number of benzene rings is 2. The number of methoxy groups -OCH3 is 1. The van der Waals surface area contributed by atoms with Crippen LogP contribution in [-0.4, -0.2) is 23.2 Å². The predicted octanol–water partition coefficient (Wildman–Crippen LogP) is 6.18. The summed E-state index contributed by atoms with van der Waals surface area (Å²) in [6.07, 6.45) is 3.59. The molecule has 1 aliphatic carbocycles. The Hall–Kier alpha value is -3.41. The van der Waals surface area contributed by atoms with Gasteiger partial charge in [0, 0.05) is 22.7 Å². The van der Waals surface area contributed by atoms with E-state index in [1.807, 2.05) is 36.4 Å². The third-order valence-electron chi connectivity index (χ3n) is 7.06. The molecule has 2 heterocycles. The number of pyridine rings is 1. The van der Waals surface area contributed by atoms with Crippen LogP contribution in [0.2, 0.25) is 0 Å². The molecular formula is C28H28FNO4. The van der Waals surface area contributed by atoms with E-state index in [9.17, 15) is 14.3 Å². The summed E-state index contributed by atoms with van der Waals surface area (Å²) >= 11 is 0. The van der Waals surface area contributed by atoms with E-state index in [2.05, 4.69) is 0 Å². The van der Waals surface area contributed by atoms with Gasteiger partial charge in [0.2, 0.25) is 5.88 Å². The molecule has 1 fully saturated rings. The van der Waals surface area contributed by atoms with Crippen LogP contribution >= 0.6 is 0 Å². The quantitative estimate of drug-likeness (QED) is 0.455. The first-order valence-electron chi connectivity index (χ1n) is 11.8. The molecule has 0 bridgehead atoms. The van der Waals surface area contributed by atoms with Gasteiger partial charge in [0.15, 0.2) is 0 Å². The van der Waals surface area contributed by atoms with Crippen LogP contribution in [-0.2, 0) is 11.2 Å². The first kappa shape index (κ1) is 22.4. The fraction of sp³-hybridized carbons (Fsp3) is 0.357. The second-order valence-electron chi connectivity index (χ2n) is 9.30. The minimum atomic E-state index is -0.789. The highest BCUT2D eigenvalue weighted by atomic mass is 19.1. The fourth-order valence-electron chi connectivity index (χ4n) is 4.92. The molecule has 5 nitrogen and oxygen atoms in total. The molecule has 1 aliphatic heterocycles. The van der Waals surface area contributed by atoms with Gasteiger partial charge in [-0.15, -0.1) is 0 Å². The summed E-state index contributed by atoms with van der Waals surface area (Å²) in [5.41, 5.74) is 4.12. The Morgan fingerprint density at radius 2 is 1.88 bits per heavy atom. The van der Waals surface area contributed by atoms with E-state index < -0.39 is 11.9 Å². The first-order valence-corrected chi connectivity index (χ1v) is 11.8. The number of hydrogen-bond donors (Lipinski definition) is 1. The summed E-state index contributed by atoms with van der Waals surface area (Å²) in [6.45, 7) is 1.77. The van der Waals surface area contributed by atoms with Gasteiger partial charge in [-0.2, -0.15) is 0 Å². The Morgan fingerprint density at radius 1 is 1.12 bits per heavy atom. The number of aryl methyl sites for hydroxylation is 1. The highest BCUT2D eigenvalue weighted by Gasteiger charge is 2.40. The highest BCUT2D eigenvalue weighted by molar-refractivity contribution is 5.71. The molecule has 5 rings (SSSR count). The zero-order chi connectivity index (χ0) is 23.8. The van der Waals surface area contributed by atoms with Crippen molar-refractivity contribution >= 4 is 5.97 Å². The van der Waals surface area contributed by atoms with Crippen molar-refractivity contribution in [3.63, 3.8) is 0 Å². The van der Waals surface area contributed by atoms with Crippen molar-refractivity contribution in [1.29, 1.82) is 0 Å². The summed E-state index contributed by atoms with van der Waals surface area (Å²) in [6, 6.07) is 16.4. The van der Waals surface area contributed by atoms with E-state index in [1.54, 1.807) is 26.2 Å². The van der Waals surface area contributed by atoms with Gasteiger partial charge in [-0.05, 0) is 67.0 Å². The molecule has 2 aromatic carbocycles. The van der Waals surface area contributed by atoms with Gasteiger partial charge in [-0.25, -0.2) is 9.37 Å². The maximum atomic E-state index is 14.4. The smallest absolute Gasteiger partial charge is 0.306 e. The van der Waals surface area contributed by atoms with Crippen LogP contribution in [0.3, 0.4) is 0 Å². The van der Waals surface area contributed by atoms with Crippen molar-refractivity contribution in [2.45, 2.75) is 44.6 Å². The van der Waals surface area contributed by atoms with Gasteiger partial charge >= 0.3 is 5.97 Å². The first-order chi connectivity index (χ1) is 16.4. The Balaban J connectivity index is 1.37. The number of halogens is 1. The third-order valence-corrected chi connectivity index (χ3v) is 7.06. The summed E-state index contributed by atoms with van der Waals surface area (Å²) in [7, 11) is 1.56.